The Labute approximate surface area is 106 Å². The van der Waals surface area contributed by atoms with Gasteiger partial charge in [0, 0.05) is 25.9 Å². The van der Waals surface area contributed by atoms with Crippen LogP contribution in [0.15, 0.2) is 6.07 Å². The van der Waals surface area contributed by atoms with E-state index in [1.807, 2.05) is 4.90 Å². The second-order valence-electron chi connectivity index (χ2n) is 4.10. The predicted molar refractivity (Wildman–Crippen MR) is 64.7 cm³/mol. The van der Waals surface area contributed by atoms with Gasteiger partial charge in [-0.3, -0.25) is 4.79 Å². The highest BCUT2D eigenvalue weighted by atomic mass is 16.5. The first-order chi connectivity index (χ1) is 8.72. The van der Waals surface area contributed by atoms with Gasteiger partial charge in [-0.05, 0) is 6.42 Å². The number of aromatic nitrogens is 2. The molecule has 18 heavy (non-hydrogen) atoms. The lowest BCUT2D eigenvalue weighted by atomic mass is 10.3. The number of amides is 1. The summed E-state index contributed by atoms with van der Waals surface area (Å²) in [5.74, 6) is 1.80. The fourth-order valence-electron chi connectivity index (χ4n) is 1.95. The average Bonchev–Trinajstić information content (AvgIpc) is 2.81. The Hall–Kier alpha value is -1.85. The molecule has 1 aromatic rings. The van der Waals surface area contributed by atoms with Gasteiger partial charge >= 0.3 is 0 Å². The molecule has 2 rings (SSSR count). The Morgan fingerprint density at radius 3 is 2.44 bits per heavy atom. The van der Waals surface area contributed by atoms with Crippen molar-refractivity contribution in [1.82, 2.24) is 14.9 Å². The molecule has 0 bridgehead atoms. The summed E-state index contributed by atoms with van der Waals surface area (Å²) in [4.78, 5) is 21.8. The van der Waals surface area contributed by atoms with E-state index >= 15 is 0 Å². The molecule has 0 aliphatic carbocycles. The molecular weight excluding hydrogens is 234 g/mol. The van der Waals surface area contributed by atoms with E-state index in [9.17, 15) is 4.79 Å². The van der Waals surface area contributed by atoms with Gasteiger partial charge in [-0.25, -0.2) is 0 Å². The monoisotopic (exact) mass is 251 g/mol. The van der Waals surface area contributed by atoms with Crippen LogP contribution in [0.4, 0.5) is 0 Å². The van der Waals surface area contributed by atoms with Crippen LogP contribution in [0.1, 0.15) is 18.7 Å². The van der Waals surface area contributed by atoms with E-state index in [1.165, 1.54) is 0 Å². The molecule has 0 aromatic carbocycles. The first kappa shape index (κ1) is 12.6. The van der Waals surface area contributed by atoms with E-state index in [4.69, 9.17) is 9.47 Å². The topological polar surface area (TPSA) is 64.6 Å². The van der Waals surface area contributed by atoms with Crippen molar-refractivity contribution in [3.8, 4) is 11.8 Å². The molecule has 0 radical (unpaired) electrons. The molecule has 0 N–H and O–H groups in total. The van der Waals surface area contributed by atoms with Gasteiger partial charge in [0.25, 0.3) is 0 Å². The van der Waals surface area contributed by atoms with E-state index in [-0.39, 0.29) is 5.91 Å². The third-order valence-electron chi connectivity index (χ3n) is 2.92. The van der Waals surface area contributed by atoms with E-state index in [2.05, 4.69) is 9.97 Å². The van der Waals surface area contributed by atoms with Crippen molar-refractivity contribution in [2.45, 2.75) is 19.3 Å². The summed E-state index contributed by atoms with van der Waals surface area (Å²) in [6, 6.07) is 1.63. The summed E-state index contributed by atoms with van der Waals surface area (Å²) in [7, 11) is 3.10. The van der Waals surface area contributed by atoms with E-state index < -0.39 is 0 Å². The standard InChI is InChI=1S/C12H17N3O3/c1-17-10-8-11(18-2)14-9(13-10)5-7-15-6-3-4-12(15)16/h8H,3-7H2,1-2H3. The van der Waals surface area contributed by atoms with Crippen LogP contribution >= 0.6 is 0 Å². The molecule has 0 unspecified atom stereocenters. The highest BCUT2D eigenvalue weighted by molar-refractivity contribution is 5.78. The van der Waals surface area contributed by atoms with Gasteiger partial charge in [0.1, 0.15) is 5.82 Å². The Morgan fingerprint density at radius 1 is 1.28 bits per heavy atom. The van der Waals surface area contributed by atoms with Gasteiger partial charge in [-0.15, -0.1) is 0 Å². The maximum absolute atomic E-state index is 11.5. The minimum absolute atomic E-state index is 0.213. The zero-order valence-electron chi connectivity index (χ0n) is 10.7. The minimum atomic E-state index is 0.213. The second kappa shape index (κ2) is 5.66. The SMILES string of the molecule is COc1cc(OC)nc(CCN2CCCC2=O)n1. The first-order valence-electron chi connectivity index (χ1n) is 5.96. The molecule has 1 aliphatic rings. The number of hydrogen-bond donors (Lipinski definition) is 0. The third-order valence-corrected chi connectivity index (χ3v) is 2.92. The van der Waals surface area contributed by atoms with Crippen molar-refractivity contribution in [2.24, 2.45) is 0 Å². The maximum Gasteiger partial charge on any atom is 0.222 e. The normalized spacial score (nSPS) is 15.0. The molecule has 1 aromatic heterocycles. The van der Waals surface area contributed by atoms with Crippen LogP contribution in [-0.2, 0) is 11.2 Å². The number of ether oxygens (including phenoxy) is 2. The summed E-state index contributed by atoms with van der Waals surface area (Å²) in [6.07, 6.45) is 2.21. The lowest BCUT2D eigenvalue weighted by Crippen LogP contribution is -2.27. The fraction of sp³-hybridized carbons (Fsp3) is 0.583. The number of rotatable bonds is 5. The molecule has 6 nitrogen and oxygen atoms in total. The summed E-state index contributed by atoms with van der Waals surface area (Å²) in [6.45, 7) is 1.48. The minimum Gasteiger partial charge on any atom is -0.481 e. The maximum atomic E-state index is 11.5. The van der Waals surface area contributed by atoms with Gasteiger partial charge in [-0.1, -0.05) is 0 Å². The Morgan fingerprint density at radius 2 is 1.94 bits per heavy atom. The zero-order valence-corrected chi connectivity index (χ0v) is 10.7. The molecule has 0 atom stereocenters. The summed E-state index contributed by atoms with van der Waals surface area (Å²) in [5, 5.41) is 0. The van der Waals surface area contributed by atoms with E-state index in [1.54, 1.807) is 20.3 Å². The van der Waals surface area contributed by atoms with Crippen LogP contribution in [0, 0.1) is 0 Å². The molecule has 1 fully saturated rings. The number of carbonyl (C=O) groups excluding carboxylic acids is 1. The lowest BCUT2D eigenvalue weighted by Gasteiger charge is -2.14. The molecule has 0 spiro atoms. The van der Waals surface area contributed by atoms with Crippen molar-refractivity contribution in [1.29, 1.82) is 0 Å². The van der Waals surface area contributed by atoms with Crippen molar-refractivity contribution >= 4 is 5.91 Å². The van der Waals surface area contributed by atoms with Gasteiger partial charge in [0.2, 0.25) is 17.7 Å². The van der Waals surface area contributed by atoms with Gasteiger partial charge in [0.15, 0.2) is 0 Å². The van der Waals surface area contributed by atoms with Gasteiger partial charge in [-0.2, -0.15) is 9.97 Å². The van der Waals surface area contributed by atoms with Crippen LogP contribution < -0.4 is 9.47 Å². The molecule has 1 saturated heterocycles. The second-order valence-corrected chi connectivity index (χ2v) is 4.10. The molecule has 2 heterocycles. The zero-order chi connectivity index (χ0) is 13.0. The molecule has 1 aliphatic heterocycles. The van der Waals surface area contributed by atoms with Gasteiger partial charge in [0.05, 0.1) is 20.3 Å². The summed E-state index contributed by atoms with van der Waals surface area (Å²) in [5.41, 5.74) is 0. The molecule has 1 amide bonds. The van der Waals surface area contributed by atoms with Crippen LogP contribution in [-0.4, -0.2) is 48.1 Å². The van der Waals surface area contributed by atoms with E-state index in [0.29, 0.717) is 37.0 Å². The van der Waals surface area contributed by atoms with Crippen molar-refractivity contribution in [2.75, 3.05) is 27.3 Å². The predicted octanol–water partition coefficient (Wildman–Crippen LogP) is 0.659. The fourth-order valence-corrected chi connectivity index (χ4v) is 1.95. The Bertz CT molecular complexity index is 414. The molecule has 98 valence electrons. The van der Waals surface area contributed by atoms with Crippen molar-refractivity contribution in [3.05, 3.63) is 11.9 Å². The van der Waals surface area contributed by atoms with Crippen LogP contribution in [0.2, 0.25) is 0 Å². The highest BCUT2D eigenvalue weighted by Gasteiger charge is 2.20. The smallest absolute Gasteiger partial charge is 0.222 e. The molecule has 0 saturated carbocycles. The van der Waals surface area contributed by atoms with Crippen molar-refractivity contribution in [3.63, 3.8) is 0 Å². The highest BCUT2D eigenvalue weighted by Crippen LogP contribution is 2.16. The number of likely N-dealkylation sites (tertiary alicyclic amines) is 1. The summed E-state index contributed by atoms with van der Waals surface area (Å²) < 4.78 is 10.2. The third kappa shape index (κ3) is 2.88. The Balaban J connectivity index is 2.01. The number of carbonyl (C=O) groups is 1. The number of methoxy groups -OCH3 is 2. The quantitative estimate of drug-likeness (QED) is 0.769. The molecule has 6 heteroatoms. The average molecular weight is 251 g/mol. The van der Waals surface area contributed by atoms with Crippen LogP contribution in [0.5, 0.6) is 11.8 Å². The largest absolute Gasteiger partial charge is 0.481 e. The van der Waals surface area contributed by atoms with Crippen LogP contribution in [0.3, 0.4) is 0 Å². The lowest BCUT2D eigenvalue weighted by molar-refractivity contribution is -0.127. The molecular formula is C12H17N3O3. The van der Waals surface area contributed by atoms with Gasteiger partial charge < -0.3 is 14.4 Å². The van der Waals surface area contributed by atoms with E-state index in [0.717, 1.165) is 13.0 Å². The summed E-state index contributed by atoms with van der Waals surface area (Å²) >= 11 is 0. The van der Waals surface area contributed by atoms with Crippen molar-refractivity contribution < 1.29 is 14.3 Å². The number of nitrogens with zero attached hydrogens (tertiary/aromatic N) is 3. The Kier molecular flexibility index (Phi) is 3.96. The van der Waals surface area contributed by atoms with Crippen LogP contribution in [0.25, 0.3) is 0 Å². The number of hydrogen-bond acceptors (Lipinski definition) is 5. The first-order valence-corrected chi connectivity index (χ1v) is 5.96.